The molecule has 1 heterocycles. The highest BCUT2D eigenvalue weighted by Gasteiger charge is 2.15. The van der Waals surface area contributed by atoms with Gasteiger partial charge < -0.3 is 14.5 Å². The fourth-order valence-corrected chi connectivity index (χ4v) is 1.62. The van der Waals surface area contributed by atoms with Crippen LogP contribution in [0.5, 0.6) is 0 Å². The zero-order chi connectivity index (χ0) is 10.4. The van der Waals surface area contributed by atoms with Crippen LogP contribution in [0.3, 0.4) is 0 Å². The van der Waals surface area contributed by atoms with E-state index in [0.29, 0.717) is 5.92 Å². The van der Waals surface area contributed by atoms with Crippen LogP contribution in [0, 0.1) is 5.92 Å². The van der Waals surface area contributed by atoms with E-state index in [0.717, 1.165) is 18.8 Å². The van der Waals surface area contributed by atoms with Crippen LogP contribution >= 0.6 is 0 Å². The van der Waals surface area contributed by atoms with E-state index in [-0.39, 0.29) is 6.04 Å². The van der Waals surface area contributed by atoms with Crippen molar-refractivity contribution in [2.75, 3.05) is 20.8 Å². The predicted molar refractivity (Wildman–Crippen MR) is 56.2 cm³/mol. The molecule has 2 unspecified atom stereocenters. The molecule has 3 heteroatoms. The Kier molecular flexibility index (Phi) is 4.70. The molecular formula is C11H19NO2. The summed E-state index contributed by atoms with van der Waals surface area (Å²) in [6, 6.07) is 4.21. The molecule has 1 aromatic heterocycles. The van der Waals surface area contributed by atoms with E-state index < -0.39 is 0 Å². The summed E-state index contributed by atoms with van der Waals surface area (Å²) in [4.78, 5) is 0. The number of ether oxygens (including phenoxy) is 1. The lowest BCUT2D eigenvalue weighted by molar-refractivity contribution is 0.148. The van der Waals surface area contributed by atoms with Gasteiger partial charge in [0.05, 0.1) is 12.3 Å². The maximum atomic E-state index is 5.36. The Hall–Kier alpha value is -0.800. The lowest BCUT2D eigenvalue weighted by atomic mass is 10.0. The van der Waals surface area contributed by atoms with Crippen LogP contribution < -0.4 is 5.32 Å². The molecule has 0 saturated carbocycles. The molecule has 0 aliphatic heterocycles. The molecule has 0 aliphatic carbocycles. The molecule has 0 radical (unpaired) electrons. The zero-order valence-electron chi connectivity index (χ0n) is 9.12. The minimum atomic E-state index is 0.287. The topological polar surface area (TPSA) is 34.4 Å². The van der Waals surface area contributed by atoms with E-state index in [1.54, 1.807) is 13.4 Å². The lowest BCUT2D eigenvalue weighted by Crippen LogP contribution is -2.20. The predicted octanol–water partition coefficient (Wildman–Crippen LogP) is 2.21. The monoisotopic (exact) mass is 197 g/mol. The molecule has 0 aromatic carbocycles. The summed E-state index contributed by atoms with van der Waals surface area (Å²) in [5, 5.41) is 3.24. The molecule has 1 N–H and O–H groups in total. The number of methoxy groups -OCH3 is 1. The molecule has 1 rings (SSSR count). The fourth-order valence-electron chi connectivity index (χ4n) is 1.62. The van der Waals surface area contributed by atoms with Crippen LogP contribution in [0.25, 0.3) is 0 Å². The largest absolute Gasteiger partial charge is 0.468 e. The van der Waals surface area contributed by atoms with E-state index in [9.17, 15) is 0 Å². The van der Waals surface area contributed by atoms with Gasteiger partial charge in [-0.15, -0.1) is 0 Å². The molecule has 0 aliphatic rings. The standard InChI is InChI=1S/C11H19NO2/c1-9(8-13-3)7-10(12-2)11-5-4-6-14-11/h4-6,9-10,12H,7-8H2,1-3H3. The van der Waals surface area contributed by atoms with E-state index in [2.05, 4.69) is 12.2 Å². The molecule has 14 heavy (non-hydrogen) atoms. The number of hydrogen-bond acceptors (Lipinski definition) is 3. The van der Waals surface area contributed by atoms with Crippen molar-refractivity contribution in [3.8, 4) is 0 Å². The van der Waals surface area contributed by atoms with Gasteiger partial charge in [0.15, 0.2) is 0 Å². The molecule has 0 fully saturated rings. The van der Waals surface area contributed by atoms with Crippen molar-refractivity contribution >= 4 is 0 Å². The van der Waals surface area contributed by atoms with Crippen LogP contribution in [0.15, 0.2) is 22.8 Å². The van der Waals surface area contributed by atoms with Crippen molar-refractivity contribution in [2.24, 2.45) is 5.92 Å². The third-order valence-corrected chi connectivity index (χ3v) is 2.32. The number of rotatable bonds is 6. The highest BCUT2D eigenvalue weighted by molar-refractivity contribution is 5.04. The Labute approximate surface area is 85.4 Å². The van der Waals surface area contributed by atoms with Gasteiger partial charge in [-0.1, -0.05) is 6.92 Å². The van der Waals surface area contributed by atoms with Gasteiger partial charge in [0.1, 0.15) is 5.76 Å². The number of hydrogen-bond donors (Lipinski definition) is 1. The van der Waals surface area contributed by atoms with Crippen molar-refractivity contribution in [2.45, 2.75) is 19.4 Å². The third-order valence-electron chi connectivity index (χ3n) is 2.32. The van der Waals surface area contributed by atoms with Gasteiger partial charge in [0, 0.05) is 13.7 Å². The van der Waals surface area contributed by atoms with Gasteiger partial charge in [-0.05, 0) is 31.5 Å². The summed E-state index contributed by atoms with van der Waals surface area (Å²) in [6.07, 6.45) is 2.73. The second-order valence-corrected chi connectivity index (χ2v) is 3.65. The Morgan fingerprint density at radius 1 is 1.57 bits per heavy atom. The van der Waals surface area contributed by atoms with Gasteiger partial charge in [-0.2, -0.15) is 0 Å². The van der Waals surface area contributed by atoms with Gasteiger partial charge in [0.2, 0.25) is 0 Å². The quantitative estimate of drug-likeness (QED) is 0.759. The maximum Gasteiger partial charge on any atom is 0.120 e. The first kappa shape index (κ1) is 11.3. The molecule has 0 spiro atoms. The first-order valence-corrected chi connectivity index (χ1v) is 4.97. The molecule has 1 aromatic rings. The van der Waals surface area contributed by atoms with Crippen molar-refractivity contribution in [3.63, 3.8) is 0 Å². The molecule has 0 saturated heterocycles. The molecule has 80 valence electrons. The van der Waals surface area contributed by atoms with Crippen LogP contribution in [-0.4, -0.2) is 20.8 Å². The van der Waals surface area contributed by atoms with Crippen LogP contribution in [0.2, 0.25) is 0 Å². The van der Waals surface area contributed by atoms with Crippen LogP contribution in [-0.2, 0) is 4.74 Å². The van der Waals surface area contributed by atoms with Gasteiger partial charge >= 0.3 is 0 Å². The minimum absolute atomic E-state index is 0.287. The molecule has 2 atom stereocenters. The summed E-state index contributed by atoms with van der Waals surface area (Å²) in [5.74, 6) is 1.53. The van der Waals surface area contributed by atoms with Crippen molar-refractivity contribution < 1.29 is 9.15 Å². The minimum Gasteiger partial charge on any atom is -0.468 e. The summed E-state index contributed by atoms with van der Waals surface area (Å²) >= 11 is 0. The highest BCUT2D eigenvalue weighted by Crippen LogP contribution is 2.21. The summed E-state index contributed by atoms with van der Waals surface area (Å²) in [5.41, 5.74) is 0. The SMILES string of the molecule is CNC(CC(C)COC)c1ccco1. The van der Waals surface area contributed by atoms with E-state index >= 15 is 0 Å². The molecule has 0 amide bonds. The maximum absolute atomic E-state index is 5.36. The van der Waals surface area contributed by atoms with E-state index in [1.807, 2.05) is 19.2 Å². The Balaban J connectivity index is 2.47. The molecule has 3 nitrogen and oxygen atoms in total. The number of nitrogens with one attached hydrogen (secondary N) is 1. The second-order valence-electron chi connectivity index (χ2n) is 3.65. The second kappa shape index (κ2) is 5.83. The van der Waals surface area contributed by atoms with Crippen molar-refractivity contribution in [1.82, 2.24) is 5.32 Å². The first-order valence-electron chi connectivity index (χ1n) is 4.97. The van der Waals surface area contributed by atoms with E-state index in [1.165, 1.54) is 0 Å². The zero-order valence-corrected chi connectivity index (χ0v) is 9.12. The highest BCUT2D eigenvalue weighted by atomic mass is 16.5. The first-order chi connectivity index (χ1) is 6.77. The average molecular weight is 197 g/mol. The normalized spacial score (nSPS) is 15.4. The lowest BCUT2D eigenvalue weighted by Gasteiger charge is -2.17. The van der Waals surface area contributed by atoms with Crippen molar-refractivity contribution in [1.29, 1.82) is 0 Å². The van der Waals surface area contributed by atoms with Crippen LogP contribution in [0.4, 0.5) is 0 Å². The third kappa shape index (κ3) is 3.16. The average Bonchev–Trinajstić information content (AvgIpc) is 2.67. The van der Waals surface area contributed by atoms with Crippen LogP contribution in [0.1, 0.15) is 25.1 Å². The Morgan fingerprint density at radius 3 is 2.86 bits per heavy atom. The molecular weight excluding hydrogens is 178 g/mol. The summed E-state index contributed by atoms with van der Waals surface area (Å²) < 4.78 is 10.5. The Bertz CT molecular complexity index is 233. The van der Waals surface area contributed by atoms with Gasteiger partial charge in [-0.25, -0.2) is 0 Å². The summed E-state index contributed by atoms with van der Waals surface area (Å²) in [6.45, 7) is 2.97. The smallest absolute Gasteiger partial charge is 0.120 e. The molecule has 0 bridgehead atoms. The van der Waals surface area contributed by atoms with E-state index in [4.69, 9.17) is 9.15 Å². The summed E-state index contributed by atoms with van der Waals surface area (Å²) in [7, 11) is 3.69. The van der Waals surface area contributed by atoms with Gasteiger partial charge in [-0.3, -0.25) is 0 Å². The van der Waals surface area contributed by atoms with Gasteiger partial charge in [0.25, 0.3) is 0 Å². The fraction of sp³-hybridized carbons (Fsp3) is 0.636. The van der Waals surface area contributed by atoms with Crippen molar-refractivity contribution in [3.05, 3.63) is 24.2 Å². The number of furan rings is 1. The Morgan fingerprint density at radius 2 is 2.36 bits per heavy atom.